The first-order valence-corrected chi connectivity index (χ1v) is 9.57. The number of amides is 1. The Balaban J connectivity index is 1.69. The fourth-order valence-corrected chi connectivity index (χ4v) is 3.22. The van der Waals surface area contributed by atoms with Crippen molar-refractivity contribution < 1.29 is 18.0 Å². The summed E-state index contributed by atoms with van der Waals surface area (Å²) in [6, 6.07) is 12.2. The molecule has 1 atom stereocenters. The molecule has 8 heteroatoms. The van der Waals surface area contributed by atoms with E-state index >= 15 is 0 Å². The van der Waals surface area contributed by atoms with E-state index in [1.807, 2.05) is 37.3 Å². The number of alkyl halides is 3. The summed E-state index contributed by atoms with van der Waals surface area (Å²) in [5.74, 6) is 0.313. The molecule has 1 amide bonds. The first kappa shape index (κ1) is 21.5. The van der Waals surface area contributed by atoms with Crippen LogP contribution in [0.3, 0.4) is 0 Å². The number of nitrogens with one attached hydrogen (secondary N) is 1. The molecule has 30 heavy (non-hydrogen) atoms. The molecule has 0 aliphatic rings. The van der Waals surface area contributed by atoms with Gasteiger partial charge in [0, 0.05) is 24.0 Å². The molecule has 3 rings (SSSR count). The Hall–Kier alpha value is -3.16. The van der Waals surface area contributed by atoms with Crippen molar-refractivity contribution in [3.63, 3.8) is 0 Å². The molecule has 3 aromatic rings. The fourth-order valence-electron chi connectivity index (χ4n) is 3.22. The van der Waals surface area contributed by atoms with Gasteiger partial charge in [-0.1, -0.05) is 37.3 Å². The predicted molar refractivity (Wildman–Crippen MR) is 107 cm³/mol. The number of carbonyl (C=O) groups is 1. The van der Waals surface area contributed by atoms with Gasteiger partial charge in [-0.15, -0.1) is 0 Å². The summed E-state index contributed by atoms with van der Waals surface area (Å²) in [5, 5.41) is 7.30. The highest BCUT2D eigenvalue weighted by Crippen LogP contribution is 2.29. The number of aryl methyl sites for hydroxylation is 1. The number of carbonyl (C=O) groups excluding carboxylic acids is 1. The highest BCUT2D eigenvalue weighted by Gasteiger charge is 2.30. The zero-order chi connectivity index (χ0) is 21.9. The van der Waals surface area contributed by atoms with Crippen molar-refractivity contribution in [2.24, 2.45) is 0 Å². The number of halogens is 3. The van der Waals surface area contributed by atoms with Crippen LogP contribution in [0.5, 0.6) is 0 Å². The maximum atomic E-state index is 12.7. The molecule has 0 radical (unpaired) electrons. The predicted octanol–water partition coefficient (Wildman–Crippen LogP) is 4.37. The van der Waals surface area contributed by atoms with E-state index in [-0.39, 0.29) is 24.1 Å². The summed E-state index contributed by atoms with van der Waals surface area (Å²) >= 11 is 0. The lowest BCUT2D eigenvalue weighted by molar-refractivity contribution is -0.137. The molecule has 0 aliphatic heterocycles. The van der Waals surface area contributed by atoms with Gasteiger partial charge in [0.05, 0.1) is 17.7 Å². The van der Waals surface area contributed by atoms with Gasteiger partial charge in [-0.2, -0.15) is 18.3 Å². The number of benzene rings is 1. The molecule has 0 fully saturated rings. The molecule has 0 saturated carbocycles. The minimum Gasteiger partial charge on any atom is -0.355 e. The third-order valence-electron chi connectivity index (χ3n) is 5.04. The van der Waals surface area contributed by atoms with Crippen LogP contribution in [0.4, 0.5) is 13.2 Å². The van der Waals surface area contributed by atoms with Crippen molar-refractivity contribution in [3.05, 3.63) is 76.7 Å². The van der Waals surface area contributed by atoms with Crippen molar-refractivity contribution in [1.29, 1.82) is 0 Å². The molecular formula is C22H23F3N4O. The van der Waals surface area contributed by atoms with Gasteiger partial charge in [-0.25, -0.2) is 9.67 Å². The standard InChI is InChI=1S/C22H23F3N4O/c1-14(17-7-5-4-6-8-17)12-27-21(30)11-19-15(2)28-29(16(19)3)20-10-9-18(13-26-20)22(23,24)25/h4-10,13-14H,11-12H2,1-3H3,(H,27,30). The van der Waals surface area contributed by atoms with Gasteiger partial charge in [0.1, 0.15) is 0 Å². The minimum atomic E-state index is -4.44. The van der Waals surface area contributed by atoms with Crippen LogP contribution in [-0.2, 0) is 17.4 Å². The zero-order valence-corrected chi connectivity index (χ0v) is 17.0. The smallest absolute Gasteiger partial charge is 0.355 e. The van der Waals surface area contributed by atoms with E-state index in [9.17, 15) is 18.0 Å². The van der Waals surface area contributed by atoms with Crippen molar-refractivity contribution in [2.75, 3.05) is 6.54 Å². The molecule has 0 spiro atoms. The highest BCUT2D eigenvalue weighted by atomic mass is 19.4. The fraction of sp³-hybridized carbons (Fsp3) is 0.318. The lowest BCUT2D eigenvalue weighted by Gasteiger charge is -2.13. The SMILES string of the molecule is Cc1nn(-c2ccc(C(F)(F)F)cn2)c(C)c1CC(=O)NCC(C)c1ccccc1. The van der Waals surface area contributed by atoms with Crippen LogP contribution in [0.15, 0.2) is 48.7 Å². The number of hydrogen-bond donors (Lipinski definition) is 1. The Labute approximate surface area is 173 Å². The third-order valence-corrected chi connectivity index (χ3v) is 5.04. The Morgan fingerprint density at radius 2 is 1.83 bits per heavy atom. The normalized spacial score (nSPS) is 12.6. The van der Waals surface area contributed by atoms with Gasteiger partial charge in [0.15, 0.2) is 5.82 Å². The molecule has 0 bridgehead atoms. The van der Waals surface area contributed by atoms with E-state index in [0.717, 1.165) is 23.4 Å². The molecule has 1 aromatic carbocycles. The molecule has 5 nitrogen and oxygen atoms in total. The van der Waals surface area contributed by atoms with Crippen molar-refractivity contribution in [2.45, 2.75) is 39.3 Å². The summed E-state index contributed by atoms with van der Waals surface area (Å²) in [7, 11) is 0. The van der Waals surface area contributed by atoms with Crippen LogP contribution in [0.2, 0.25) is 0 Å². The van der Waals surface area contributed by atoms with Crippen LogP contribution in [-0.4, -0.2) is 27.2 Å². The van der Waals surface area contributed by atoms with Gasteiger partial charge in [-0.05, 0) is 37.5 Å². The molecule has 2 heterocycles. The van der Waals surface area contributed by atoms with Gasteiger partial charge >= 0.3 is 6.18 Å². The van der Waals surface area contributed by atoms with E-state index < -0.39 is 11.7 Å². The lowest BCUT2D eigenvalue weighted by Crippen LogP contribution is -2.29. The molecule has 1 unspecified atom stereocenters. The van der Waals surface area contributed by atoms with Crippen LogP contribution >= 0.6 is 0 Å². The quantitative estimate of drug-likeness (QED) is 0.649. The summed E-state index contributed by atoms with van der Waals surface area (Å²) in [5.41, 5.74) is 2.37. The van der Waals surface area contributed by atoms with Gasteiger partial charge in [-0.3, -0.25) is 4.79 Å². The highest BCUT2D eigenvalue weighted by molar-refractivity contribution is 5.79. The monoisotopic (exact) mass is 416 g/mol. The van der Waals surface area contributed by atoms with E-state index in [1.54, 1.807) is 13.8 Å². The third kappa shape index (κ3) is 4.87. The largest absolute Gasteiger partial charge is 0.417 e. The summed E-state index contributed by atoms with van der Waals surface area (Å²) in [4.78, 5) is 16.3. The Morgan fingerprint density at radius 1 is 1.13 bits per heavy atom. The molecular weight excluding hydrogens is 393 g/mol. The van der Waals surface area contributed by atoms with Gasteiger partial charge in [0.2, 0.25) is 5.91 Å². The topological polar surface area (TPSA) is 59.8 Å². The van der Waals surface area contributed by atoms with Gasteiger partial charge < -0.3 is 5.32 Å². The maximum absolute atomic E-state index is 12.7. The maximum Gasteiger partial charge on any atom is 0.417 e. The summed E-state index contributed by atoms with van der Waals surface area (Å²) in [6.07, 6.45) is -3.52. The molecule has 0 aliphatic carbocycles. The average Bonchev–Trinajstić information content (AvgIpc) is 3.00. The number of pyridine rings is 1. The average molecular weight is 416 g/mol. The van der Waals surface area contributed by atoms with Crippen LogP contribution < -0.4 is 5.32 Å². The van der Waals surface area contributed by atoms with Crippen molar-refractivity contribution in [1.82, 2.24) is 20.1 Å². The van der Waals surface area contributed by atoms with Crippen LogP contribution in [0, 0.1) is 13.8 Å². The molecule has 2 aromatic heterocycles. The van der Waals surface area contributed by atoms with E-state index in [1.165, 1.54) is 10.7 Å². The van der Waals surface area contributed by atoms with E-state index in [0.29, 0.717) is 17.9 Å². The Bertz CT molecular complexity index is 1010. The minimum absolute atomic E-state index is 0.135. The second-order valence-electron chi connectivity index (χ2n) is 7.26. The Kier molecular flexibility index (Phi) is 6.24. The second kappa shape index (κ2) is 8.69. The van der Waals surface area contributed by atoms with E-state index in [4.69, 9.17) is 0 Å². The summed E-state index contributed by atoms with van der Waals surface area (Å²) < 4.78 is 39.7. The van der Waals surface area contributed by atoms with Crippen molar-refractivity contribution in [3.8, 4) is 5.82 Å². The van der Waals surface area contributed by atoms with Crippen LogP contribution in [0.25, 0.3) is 5.82 Å². The zero-order valence-electron chi connectivity index (χ0n) is 17.0. The first-order valence-electron chi connectivity index (χ1n) is 9.57. The van der Waals surface area contributed by atoms with Crippen molar-refractivity contribution >= 4 is 5.91 Å². The number of nitrogens with zero attached hydrogens (tertiary/aromatic N) is 3. The lowest BCUT2D eigenvalue weighted by atomic mass is 10.0. The Morgan fingerprint density at radius 3 is 2.43 bits per heavy atom. The summed E-state index contributed by atoms with van der Waals surface area (Å²) in [6.45, 7) is 6.09. The van der Waals surface area contributed by atoms with E-state index in [2.05, 4.69) is 15.4 Å². The van der Waals surface area contributed by atoms with Gasteiger partial charge in [0.25, 0.3) is 0 Å². The molecule has 158 valence electrons. The number of aromatic nitrogens is 3. The molecule has 0 saturated heterocycles. The number of hydrogen-bond acceptors (Lipinski definition) is 3. The first-order chi connectivity index (χ1) is 14.2. The van der Waals surface area contributed by atoms with Crippen LogP contribution in [0.1, 0.15) is 40.9 Å². The number of rotatable bonds is 6. The second-order valence-corrected chi connectivity index (χ2v) is 7.26. The molecule has 1 N–H and O–H groups in total.